The first-order chi connectivity index (χ1) is 16.8. The molecular formula is C24H49NO10. The van der Waals surface area contributed by atoms with Crippen molar-refractivity contribution in [2.24, 2.45) is 0 Å². The maximum absolute atomic E-state index is 10.5. The van der Waals surface area contributed by atoms with Gasteiger partial charge in [-0.3, -0.25) is 0 Å². The standard InChI is InChI=1S/C24H49NO10/c1-2-3-4-5-6-7-8-9-10-11-12-25-13-16(28)19(30)23(17(29)14-26)35-24-22(33)21(32)20(31)18(15-27)34-24/h16-33H,2-15H2,1H3/t16?,17?,18-,19?,20+,21+,22-,23?,24+/m1/s1. The molecule has 1 aliphatic rings. The van der Waals surface area contributed by atoms with Gasteiger partial charge in [0.2, 0.25) is 0 Å². The number of rotatable bonds is 20. The topological polar surface area (TPSA) is 192 Å². The van der Waals surface area contributed by atoms with Crippen LogP contribution in [0.5, 0.6) is 0 Å². The molecule has 1 saturated heterocycles. The maximum Gasteiger partial charge on any atom is 0.187 e. The molecule has 0 aromatic heterocycles. The van der Waals surface area contributed by atoms with E-state index in [1.807, 2.05) is 0 Å². The van der Waals surface area contributed by atoms with Crippen LogP contribution in [0.15, 0.2) is 0 Å². The largest absolute Gasteiger partial charge is 0.394 e. The smallest absolute Gasteiger partial charge is 0.187 e. The second-order valence-electron chi connectivity index (χ2n) is 9.49. The zero-order valence-corrected chi connectivity index (χ0v) is 21.0. The number of aliphatic hydroxyl groups excluding tert-OH is 8. The van der Waals surface area contributed by atoms with Gasteiger partial charge in [0.05, 0.1) is 19.3 Å². The van der Waals surface area contributed by atoms with Gasteiger partial charge in [-0.1, -0.05) is 64.7 Å². The molecule has 0 aromatic carbocycles. The summed E-state index contributed by atoms with van der Waals surface area (Å²) in [5, 5.41) is 82.6. The number of ether oxygens (including phenoxy) is 2. The fourth-order valence-electron chi connectivity index (χ4n) is 4.16. The molecule has 1 fully saturated rings. The molecule has 4 unspecified atom stereocenters. The van der Waals surface area contributed by atoms with Crippen molar-refractivity contribution in [1.82, 2.24) is 5.32 Å². The van der Waals surface area contributed by atoms with E-state index in [4.69, 9.17) is 9.47 Å². The summed E-state index contributed by atoms with van der Waals surface area (Å²) in [4.78, 5) is 0. The van der Waals surface area contributed by atoms with Gasteiger partial charge in [-0.15, -0.1) is 0 Å². The lowest BCUT2D eigenvalue weighted by Crippen LogP contribution is -2.61. The Kier molecular flexibility index (Phi) is 17.5. The number of hydrogen-bond donors (Lipinski definition) is 9. The van der Waals surface area contributed by atoms with Crippen molar-refractivity contribution in [2.45, 2.75) is 126 Å². The molecule has 0 spiro atoms. The lowest BCUT2D eigenvalue weighted by Gasteiger charge is -2.42. The van der Waals surface area contributed by atoms with Gasteiger partial charge in [-0.2, -0.15) is 0 Å². The Morgan fingerprint density at radius 1 is 0.771 bits per heavy atom. The summed E-state index contributed by atoms with van der Waals surface area (Å²) in [6, 6.07) is 0. The van der Waals surface area contributed by atoms with Gasteiger partial charge in [0.1, 0.15) is 42.7 Å². The lowest BCUT2D eigenvalue weighted by atomic mass is 9.98. The van der Waals surface area contributed by atoms with Crippen molar-refractivity contribution >= 4 is 0 Å². The van der Waals surface area contributed by atoms with Crippen molar-refractivity contribution in [3.05, 3.63) is 0 Å². The summed E-state index contributed by atoms with van der Waals surface area (Å²) in [6.07, 6.45) is -2.07. The third-order valence-electron chi connectivity index (χ3n) is 6.50. The molecule has 11 nitrogen and oxygen atoms in total. The van der Waals surface area contributed by atoms with Crippen LogP contribution >= 0.6 is 0 Å². The Bertz CT molecular complexity index is 515. The van der Waals surface area contributed by atoms with E-state index < -0.39 is 68.3 Å². The van der Waals surface area contributed by atoms with Gasteiger partial charge in [-0.25, -0.2) is 0 Å². The van der Waals surface area contributed by atoms with Gasteiger partial charge < -0.3 is 55.6 Å². The SMILES string of the molecule is CCCCCCCCCCCCNCC(O)C(O)C(O[C@@H]1O[C@H](CO)[C@H](O)[C@H](O)[C@H]1O)C(O)CO. The molecule has 11 heteroatoms. The van der Waals surface area contributed by atoms with Gasteiger partial charge in [-0.05, 0) is 13.0 Å². The zero-order valence-electron chi connectivity index (χ0n) is 21.0. The molecule has 1 heterocycles. The molecule has 210 valence electrons. The highest BCUT2D eigenvalue weighted by atomic mass is 16.7. The summed E-state index contributed by atoms with van der Waals surface area (Å²) < 4.78 is 10.6. The zero-order chi connectivity index (χ0) is 26.2. The van der Waals surface area contributed by atoms with E-state index in [2.05, 4.69) is 12.2 Å². The first-order valence-electron chi connectivity index (χ1n) is 13.1. The molecule has 0 radical (unpaired) electrons. The Morgan fingerprint density at radius 3 is 1.89 bits per heavy atom. The normalized spacial score (nSPS) is 28.5. The van der Waals surface area contributed by atoms with Gasteiger partial charge in [0, 0.05) is 6.54 Å². The Hall–Kier alpha value is -0.440. The summed E-state index contributed by atoms with van der Waals surface area (Å²) in [7, 11) is 0. The molecule has 9 atom stereocenters. The van der Waals surface area contributed by atoms with Crippen LogP contribution in [-0.4, -0.2) is 122 Å². The molecular weight excluding hydrogens is 462 g/mol. The highest BCUT2D eigenvalue weighted by molar-refractivity contribution is 4.91. The summed E-state index contributed by atoms with van der Waals surface area (Å²) in [5.41, 5.74) is 0. The third kappa shape index (κ3) is 11.7. The van der Waals surface area contributed by atoms with E-state index in [1.54, 1.807) is 0 Å². The van der Waals surface area contributed by atoms with Crippen LogP contribution in [0.25, 0.3) is 0 Å². The van der Waals surface area contributed by atoms with Crippen LogP contribution < -0.4 is 5.32 Å². The van der Waals surface area contributed by atoms with Crippen LogP contribution in [0.2, 0.25) is 0 Å². The first kappa shape index (κ1) is 32.6. The van der Waals surface area contributed by atoms with Crippen LogP contribution in [-0.2, 0) is 9.47 Å². The molecule has 1 rings (SSSR count). The van der Waals surface area contributed by atoms with E-state index in [9.17, 15) is 40.9 Å². The molecule has 0 bridgehead atoms. The molecule has 1 aliphatic heterocycles. The van der Waals surface area contributed by atoms with Crippen molar-refractivity contribution < 1.29 is 50.3 Å². The van der Waals surface area contributed by atoms with E-state index in [0.717, 1.165) is 19.3 Å². The van der Waals surface area contributed by atoms with Crippen molar-refractivity contribution in [2.75, 3.05) is 26.3 Å². The van der Waals surface area contributed by atoms with Gasteiger partial charge in [0.15, 0.2) is 6.29 Å². The highest BCUT2D eigenvalue weighted by Crippen LogP contribution is 2.25. The predicted octanol–water partition coefficient (Wildman–Crippen LogP) is -1.24. The van der Waals surface area contributed by atoms with Crippen LogP contribution in [0.1, 0.15) is 71.1 Å². The molecule has 9 N–H and O–H groups in total. The van der Waals surface area contributed by atoms with E-state index in [1.165, 1.54) is 44.9 Å². The van der Waals surface area contributed by atoms with Crippen molar-refractivity contribution in [3.63, 3.8) is 0 Å². The Morgan fingerprint density at radius 2 is 1.34 bits per heavy atom. The second-order valence-corrected chi connectivity index (χ2v) is 9.49. The molecule has 0 aliphatic carbocycles. The lowest BCUT2D eigenvalue weighted by molar-refractivity contribution is -0.327. The summed E-state index contributed by atoms with van der Waals surface area (Å²) >= 11 is 0. The third-order valence-corrected chi connectivity index (χ3v) is 6.50. The molecule has 35 heavy (non-hydrogen) atoms. The molecule has 0 aromatic rings. The minimum atomic E-state index is -1.75. The number of aliphatic hydroxyl groups is 8. The highest BCUT2D eigenvalue weighted by Gasteiger charge is 2.46. The van der Waals surface area contributed by atoms with E-state index in [0.29, 0.717) is 6.54 Å². The predicted molar refractivity (Wildman–Crippen MR) is 128 cm³/mol. The van der Waals surface area contributed by atoms with Crippen molar-refractivity contribution in [3.8, 4) is 0 Å². The fraction of sp³-hybridized carbons (Fsp3) is 1.00. The number of unbranched alkanes of at least 4 members (excludes halogenated alkanes) is 9. The Labute approximate surface area is 208 Å². The van der Waals surface area contributed by atoms with E-state index in [-0.39, 0.29) is 6.54 Å². The maximum atomic E-state index is 10.5. The minimum absolute atomic E-state index is 0.00524. The average molecular weight is 512 g/mol. The Balaban J connectivity index is 2.38. The number of hydrogen-bond acceptors (Lipinski definition) is 11. The summed E-state index contributed by atoms with van der Waals surface area (Å²) in [5.74, 6) is 0. The van der Waals surface area contributed by atoms with E-state index >= 15 is 0 Å². The molecule has 0 amide bonds. The molecule has 0 saturated carbocycles. The van der Waals surface area contributed by atoms with Gasteiger partial charge in [0.25, 0.3) is 0 Å². The van der Waals surface area contributed by atoms with Crippen LogP contribution in [0.4, 0.5) is 0 Å². The monoisotopic (exact) mass is 511 g/mol. The second kappa shape index (κ2) is 18.8. The van der Waals surface area contributed by atoms with Gasteiger partial charge >= 0.3 is 0 Å². The van der Waals surface area contributed by atoms with Crippen LogP contribution in [0, 0.1) is 0 Å². The van der Waals surface area contributed by atoms with Crippen LogP contribution in [0.3, 0.4) is 0 Å². The number of nitrogens with one attached hydrogen (secondary N) is 1. The first-order valence-corrected chi connectivity index (χ1v) is 13.1. The summed E-state index contributed by atoms with van der Waals surface area (Å²) in [6.45, 7) is 1.37. The minimum Gasteiger partial charge on any atom is -0.394 e. The van der Waals surface area contributed by atoms with Crippen molar-refractivity contribution in [1.29, 1.82) is 0 Å². The quantitative estimate of drug-likeness (QED) is 0.0888. The fourth-order valence-corrected chi connectivity index (χ4v) is 4.16. The average Bonchev–Trinajstić information content (AvgIpc) is 2.86.